The number of unbranched alkanes of at least 4 members (excludes halogenated alkanes) is 30. The van der Waals surface area contributed by atoms with Gasteiger partial charge in [0.25, 0.3) is 0 Å². The predicted molar refractivity (Wildman–Crippen MR) is 303 cm³/mol. The summed E-state index contributed by atoms with van der Waals surface area (Å²) in [5.74, 6) is 0. The van der Waals surface area contributed by atoms with Crippen molar-refractivity contribution in [3.8, 4) is 0 Å². The second-order valence-corrected chi connectivity index (χ2v) is 22.3. The third kappa shape index (κ3) is 47.0. The molecule has 0 bridgehead atoms. The van der Waals surface area contributed by atoms with E-state index in [0.29, 0.717) is 0 Å². The van der Waals surface area contributed by atoms with Crippen molar-refractivity contribution in [2.24, 2.45) is 14.1 Å². The molecule has 1 aromatic carbocycles. The summed E-state index contributed by atoms with van der Waals surface area (Å²) < 4.78 is 67.2. The van der Waals surface area contributed by atoms with Crippen molar-refractivity contribution in [3.63, 3.8) is 0 Å². The van der Waals surface area contributed by atoms with Gasteiger partial charge in [0.1, 0.15) is 14.1 Å². The molecule has 3 rings (SSSR count). The van der Waals surface area contributed by atoms with Crippen LogP contribution >= 0.6 is 15.9 Å². The van der Waals surface area contributed by atoms with Gasteiger partial charge in [-0.15, -0.1) is 0 Å². The van der Waals surface area contributed by atoms with Crippen molar-refractivity contribution in [1.29, 1.82) is 0 Å². The molecular weight excluding hydrogens is 1010 g/mol. The van der Waals surface area contributed by atoms with Crippen LogP contribution < -0.4 is 14.0 Å². The van der Waals surface area contributed by atoms with E-state index in [1.807, 2.05) is 42.2 Å². The molecule has 72 heavy (non-hydrogen) atoms. The maximum Gasteiger partial charge on any atom is 0.217 e. The highest BCUT2D eigenvalue weighted by molar-refractivity contribution is 9.10. The number of anilines is 1. The molecule has 0 spiro atoms. The maximum atomic E-state index is 9.22. The molecule has 414 valence electrons. The summed E-state index contributed by atoms with van der Waals surface area (Å²) >= 11 is 3.71. The Morgan fingerprint density at radius 2 is 0.792 bits per heavy atom. The van der Waals surface area contributed by atoms with Crippen LogP contribution in [0.4, 0.5) is 5.69 Å². The van der Waals surface area contributed by atoms with E-state index in [2.05, 4.69) is 110 Å². The second-order valence-electron chi connectivity index (χ2n) is 19.1. The Morgan fingerprint density at radius 3 is 1.07 bits per heavy atom. The first-order valence-electron chi connectivity index (χ1n) is 27.8. The van der Waals surface area contributed by atoms with Gasteiger partial charge in [-0.1, -0.05) is 237 Å². The zero-order valence-electron chi connectivity index (χ0n) is 45.9. The van der Waals surface area contributed by atoms with Gasteiger partial charge in [0.15, 0.2) is 24.8 Å². The number of aromatic nitrogens is 2. The zero-order chi connectivity index (χ0) is 53.4. The molecule has 2 aromatic heterocycles. The Bertz CT molecular complexity index is 1850. The first-order chi connectivity index (χ1) is 34.6. The van der Waals surface area contributed by atoms with Gasteiger partial charge in [-0.25, -0.2) is 26.0 Å². The molecule has 0 atom stereocenters. The molecule has 2 heterocycles. The van der Waals surface area contributed by atoms with Gasteiger partial charge in [0, 0.05) is 42.5 Å². The first kappa shape index (κ1) is 69.3. The van der Waals surface area contributed by atoms with Crippen molar-refractivity contribution >= 4 is 54.6 Å². The number of benzene rings is 1. The van der Waals surface area contributed by atoms with Gasteiger partial charge in [-0.3, -0.25) is 8.37 Å². The number of nitrogens with zero attached hydrogens (tertiary/aromatic N) is 3. The van der Waals surface area contributed by atoms with Crippen molar-refractivity contribution < 1.29 is 43.4 Å². The Hall–Kier alpha value is -2.72. The van der Waals surface area contributed by atoms with E-state index in [4.69, 9.17) is 0 Å². The lowest BCUT2D eigenvalue weighted by molar-refractivity contribution is -0.672. The normalized spacial score (nSPS) is 11.3. The first-order valence-corrected chi connectivity index (χ1v) is 31.2. The fourth-order valence-electron chi connectivity index (χ4n) is 8.25. The topological polar surface area (TPSA) is 144 Å². The van der Waals surface area contributed by atoms with E-state index in [1.54, 1.807) is 0 Å². The molecule has 0 N–H and O–H groups in total. The van der Waals surface area contributed by atoms with Gasteiger partial charge in [0.05, 0.1) is 18.7 Å². The van der Waals surface area contributed by atoms with Crippen LogP contribution in [0.2, 0.25) is 0 Å². The fraction of sp³-hybridized carbons (Fsp3) is 0.690. The van der Waals surface area contributed by atoms with Crippen LogP contribution in [0.1, 0.15) is 230 Å². The third-order valence-electron chi connectivity index (χ3n) is 12.6. The van der Waals surface area contributed by atoms with E-state index in [-0.39, 0.29) is 0 Å². The largest absolute Gasteiger partial charge is 0.726 e. The molecule has 0 radical (unpaired) electrons. The number of halogens is 1. The molecule has 0 fully saturated rings. The van der Waals surface area contributed by atoms with Crippen LogP contribution in [-0.4, -0.2) is 53.3 Å². The molecule has 0 aliphatic heterocycles. The third-order valence-corrected chi connectivity index (χ3v) is 14.1. The Morgan fingerprint density at radius 1 is 0.472 bits per heavy atom. The molecule has 0 aliphatic rings. The van der Waals surface area contributed by atoms with E-state index in [9.17, 15) is 25.9 Å². The number of pyridine rings is 2. The van der Waals surface area contributed by atoms with Crippen molar-refractivity contribution in [2.75, 3.05) is 32.2 Å². The SMILES string of the molecule is CCCCCCCCCCCCCCCCCCN(CCCCCCCCCCCCCCCCCC)c1ccc(C=Cc2cc[n+](C)cc2Br)cc1.COS(=O)(=O)[O-].COS(=O)(=O)[O-].C[n+]1ccccc1. The molecule has 0 saturated heterocycles. The van der Waals surface area contributed by atoms with E-state index < -0.39 is 20.8 Å². The lowest BCUT2D eigenvalue weighted by Gasteiger charge is -2.25. The summed E-state index contributed by atoms with van der Waals surface area (Å²) in [5.41, 5.74) is 3.87. The second kappa shape index (κ2) is 48.0. The van der Waals surface area contributed by atoms with Gasteiger partial charge < -0.3 is 14.0 Å². The van der Waals surface area contributed by atoms with Gasteiger partial charge >= 0.3 is 0 Å². The van der Waals surface area contributed by atoms with Gasteiger partial charge in [-0.2, -0.15) is 0 Å². The molecule has 3 aromatic rings. The Kier molecular flexibility index (Phi) is 46.1. The number of hydrogen-bond donors (Lipinski definition) is 0. The lowest BCUT2D eigenvalue weighted by Crippen LogP contribution is -2.26. The number of hydrogen-bond acceptors (Lipinski definition) is 9. The Balaban J connectivity index is 0.00000220. The predicted octanol–water partition coefficient (Wildman–Crippen LogP) is 15.5. The number of aryl methyl sites for hydroxylation is 2. The Labute approximate surface area is 450 Å². The highest BCUT2D eigenvalue weighted by atomic mass is 79.9. The van der Waals surface area contributed by atoms with Crippen molar-refractivity contribution in [3.05, 3.63) is 88.9 Å². The maximum absolute atomic E-state index is 9.22. The minimum Gasteiger partial charge on any atom is -0.726 e. The molecule has 0 unspecified atom stereocenters. The van der Waals surface area contributed by atoms with E-state index >= 15 is 0 Å². The minimum atomic E-state index is -4.41. The fourth-order valence-corrected chi connectivity index (χ4v) is 8.83. The molecule has 0 aliphatic carbocycles. The average molecular weight is 1110 g/mol. The minimum absolute atomic E-state index is 0.808. The average Bonchev–Trinajstić information content (AvgIpc) is 3.35. The highest BCUT2D eigenvalue weighted by Crippen LogP contribution is 2.22. The summed E-state index contributed by atoms with van der Waals surface area (Å²) in [6.07, 6.45) is 58.4. The standard InChI is InChI=1S/C50H86BrN2.C6H8N.2CH4O4S/c1-4-6-8-10-12-14-16-18-20-22-24-26-28-30-32-34-43-53(44-35-33-31-29-27-25-23-21-19-17-15-13-11-9-7-5-2)49-40-37-47(38-41-49)36-39-48-42-45-52(3)46-50(48)51;1-7-5-3-2-4-6-7;2*1-5-6(2,3)4/h36-42,45-46H,4-35,43-44H2,1-3H3;2-6H,1H3;2*1H3,(H,2,3,4)/q2*+1;;/p-2. The quantitative estimate of drug-likeness (QED) is 0.0236. The van der Waals surface area contributed by atoms with Crippen molar-refractivity contribution in [2.45, 2.75) is 219 Å². The molecule has 0 saturated carbocycles. The molecule has 14 heteroatoms. The van der Waals surface area contributed by atoms with Crippen LogP contribution in [0.5, 0.6) is 0 Å². The number of rotatable bonds is 39. The summed E-state index contributed by atoms with van der Waals surface area (Å²) in [6, 6.07) is 17.5. The van der Waals surface area contributed by atoms with E-state index in [0.717, 1.165) is 18.7 Å². The van der Waals surface area contributed by atoms with Crippen molar-refractivity contribution in [1.82, 2.24) is 0 Å². The monoisotopic (exact) mass is 1110 g/mol. The van der Waals surface area contributed by atoms with Crippen LogP contribution in [0.15, 0.2) is 77.8 Å². The van der Waals surface area contributed by atoms with Gasteiger partial charge in [0.2, 0.25) is 20.8 Å². The lowest BCUT2D eigenvalue weighted by atomic mass is 10.0. The smallest absolute Gasteiger partial charge is 0.217 e. The molecular formula is C58H100BrN3O8S2. The van der Waals surface area contributed by atoms with Crippen LogP contribution in [0, 0.1) is 0 Å². The van der Waals surface area contributed by atoms with Crippen LogP contribution in [-0.2, 0) is 43.3 Å². The van der Waals surface area contributed by atoms with Crippen LogP contribution in [0.25, 0.3) is 12.2 Å². The summed E-state index contributed by atoms with van der Waals surface area (Å²) in [5, 5.41) is 0. The summed E-state index contributed by atoms with van der Waals surface area (Å²) in [4.78, 5) is 2.69. The molecule has 11 nitrogen and oxygen atoms in total. The summed E-state index contributed by atoms with van der Waals surface area (Å²) in [7, 11) is -3.15. The van der Waals surface area contributed by atoms with Gasteiger partial charge in [-0.05, 0) is 46.5 Å². The summed E-state index contributed by atoms with van der Waals surface area (Å²) in [6.45, 7) is 7.01. The van der Waals surface area contributed by atoms with Crippen LogP contribution in [0.3, 0.4) is 0 Å². The highest BCUT2D eigenvalue weighted by Gasteiger charge is 2.08. The molecule has 0 amide bonds. The van der Waals surface area contributed by atoms with E-state index in [1.165, 1.54) is 235 Å². The zero-order valence-corrected chi connectivity index (χ0v) is 49.1.